The van der Waals surface area contributed by atoms with Gasteiger partial charge >= 0.3 is 12.1 Å². The Bertz CT molecular complexity index is 1110. The Kier molecular flexibility index (Phi) is 7.27. The number of amides is 2. The van der Waals surface area contributed by atoms with Crippen LogP contribution in [-0.2, 0) is 20.7 Å². The maximum absolute atomic E-state index is 12.7. The van der Waals surface area contributed by atoms with Gasteiger partial charge in [-0.15, -0.1) is 0 Å². The van der Waals surface area contributed by atoms with Crippen LogP contribution < -0.4 is 10.6 Å². The zero-order chi connectivity index (χ0) is 23.9. The first kappa shape index (κ1) is 23.1. The van der Waals surface area contributed by atoms with Gasteiger partial charge in [-0.3, -0.25) is 9.59 Å². The van der Waals surface area contributed by atoms with Crippen LogP contribution in [0.3, 0.4) is 0 Å². The molecule has 0 radical (unpaired) electrons. The van der Waals surface area contributed by atoms with Crippen molar-refractivity contribution >= 4 is 18.0 Å². The third-order valence-corrected chi connectivity index (χ3v) is 5.91. The molecule has 1 heterocycles. The molecule has 34 heavy (non-hydrogen) atoms. The van der Waals surface area contributed by atoms with Crippen molar-refractivity contribution in [1.82, 2.24) is 15.6 Å². The molecule has 2 aromatic carbocycles. The lowest BCUT2D eigenvalue weighted by Crippen LogP contribution is -2.48. The lowest BCUT2D eigenvalue weighted by molar-refractivity contribution is -0.137. The summed E-state index contributed by atoms with van der Waals surface area (Å²) >= 11 is 0. The summed E-state index contributed by atoms with van der Waals surface area (Å²) in [5.41, 5.74) is 5.27. The van der Waals surface area contributed by atoms with Crippen molar-refractivity contribution < 1.29 is 24.2 Å². The van der Waals surface area contributed by atoms with Crippen LogP contribution in [0.4, 0.5) is 4.79 Å². The summed E-state index contributed by atoms with van der Waals surface area (Å²) in [7, 11) is 0. The molecule has 3 aromatic rings. The molecule has 0 aliphatic heterocycles. The van der Waals surface area contributed by atoms with E-state index in [4.69, 9.17) is 9.84 Å². The number of hydrogen-bond acceptors (Lipinski definition) is 4. The number of H-pyrrole nitrogens is 1. The molecule has 0 saturated heterocycles. The number of benzene rings is 2. The van der Waals surface area contributed by atoms with E-state index < -0.39 is 24.0 Å². The summed E-state index contributed by atoms with van der Waals surface area (Å²) in [4.78, 5) is 39.1. The van der Waals surface area contributed by atoms with Gasteiger partial charge in [0.15, 0.2) is 0 Å². The first-order valence-corrected chi connectivity index (χ1v) is 11.3. The molecule has 1 aromatic heterocycles. The van der Waals surface area contributed by atoms with Crippen molar-refractivity contribution in [2.24, 2.45) is 0 Å². The van der Waals surface area contributed by atoms with E-state index >= 15 is 0 Å². The third-order valence-electron chi connectivity index (χ3n) is 5.91. The number of rotatable bonds is 10. The highest BCUT2D eigenvalue weighted by Gasteiger charge is 2.30. The van der Waals surface area contributed by atoms with Gasteiger partial charge in [0.1, 0.15) is 12.6 Å². The monoisotopic (exact) mass is 461 g/mol. The number of aromatic nitrogens is 1. The lowest BCUT2D eigenvalue weighted by Gasteiger charge is -2.19. The fraction of sp³-hybridized carbons (Fsp3) is 0.269. The standard InChI is InChI=1S/C26H27N3O5/c30-24(31)12-6-14-28-25(32)23(15-17-7-5-13-27-17)29-26(33)34-16-22-20-10-3-1-8-18(20)19-9-2-4-11-21(19)22/h1-5,7-11,13,22-23,27H,6,12,14-16H2,(H,28,32)(H,29,33)(H,30,31). The van der Waals surface area contributed by atoms with Gasteiger partial charge in [0.05, 0.1) is 0 Å². The minimum atomic E-state index is -0.922. The maximum atomic E-state index is 12.7. The number of carbonyl (C=O) groups is 3. The second-order valence-corrected chi connectivity index (χ2v) is 8.21. The van der Waals surface area contributed by atoms with Gasteiger partial charge < -0.3 is 25.5 Å². The number of carboxylic acids is 1. The van der Waals surface area contributed by atoms with Gasteiger partial charge in [0.2, 0.25) is 5.91 Å². The summed E-state index contributed by atoms with van der Waals surface area (Å²) in [6, 6.07) is 18.9. The summed E-state index contributed by atoms with van der Waals surface area (Å²) < 4.78 is 5.58. The van der Waals surface area contributed by atoms with Crippen molar-refractivity contribution in [2.75, 3.05) is 13.2 Å². The lowest BCUT2D eigenvalue weighted by atomic mass is 9.98. The number of aromatic amines is 1. The van der Waals surface area contributed by atoms with Crippen molar-refractivity contribution in [2.45, 2.75) is 31.2 Å². The van der Waals surface area contributed by atoms with E-state index in [0.717, 1.165) is 27.9 Å². The molecule has 1 atom stereocenters. The van der Waals surface area contributed by atoms with E-state index in [1.807, 2.05) is 48.5 Å². The van der Waals surface area contributed by atoms with Crippen molar-refractivity contribution in [1.29, 1.82) is 0 Å². The van der Waals surface area contributed by atoms with Crippen LogP contribution in [0.25, 0.3) is 11.1 Å². The van der Waals surface area contributed by atoms with E-state index in [9.17, 15) is 14.4 Å². The highest BCUT2D eigenvalue weighted by Crippen LogP contribution is 2.44. The molecule has 0 fully saturated rings. The molecule has 2 amide bonds. The van der Waals surface area contributed by atoms with Gasteiger partial charge in [0, 0.05) is 37.2 Å². The average molecular weight is 462 g/mol. The summed E-state index contributed by atoms with van der Waals surface area (Å²) in [5, 5.41) is 14.1. The summed E-state index contributed by atoms with van der Waals surface area (Å²) in [5.74, 6) is -1.40. The zero-order valence-corrected chi connectivity index (χ0v) is 18.6. The number of aliphatic carboxylic acids is 1. The molecule has 0 spiro atoms. The second kappa shape index (κ2) is 10.7. The fourth-order valence-corrected chi connectivity index (χ4v) is 4.28. The van der Waals surface area contributed by atoms with Crippen LogP contribution in [0.2, 0.25) is 0 Å². The normalized spacial score (nSPS) is 12.9. The van der Waals surface area contributed by atoms with E-state index in [1.165, 1.54) is 0 Å². The van der Waals surface area contributed by atoms with Gasteiger partial charge in [-0.1, -0.05) is 48.5 Å². The fourth-order valence-electron chi connectivity index (χ4n) is 4.28. The molecule has 176 valence electrons. The molecular formula is C26H27N3O5. The quantitative estimate of drug-likeness (QED) is 0.345. The Morgan fingerprint density at radius 3 is 2.26 bits per heavy atom. The smallest absolute Gasteiger partial charge is 0.407 e. The van der Waals surface area contributed by atoms with Crippen LogP contribution in [0.5, 0.6) is 0 Å². The first-order valence-electron chi connectivity index (χ1n) is 11.3. The summed E-state index contributed by atoms with van der Waals surface area (Å²) in [6.45, 7) is 0.355. The highest BCUT2D eigenvalue weighted by molar-refractivity contribution is 5.86. The molecule has 4 N–H and O–H groups in total. The number of ether oxygens (including phenoxy) is 1. The number of hydrogen-bond donors (Lipinski definition) is 4. The van der Waals surface area contributed by atoms with E-state index in [0.29, 0.717) is 6.42 Å². The average Bonchev–Trinajstić information content (AvgIpc) is 3.46. The minimum absolute atomic E-state index is 0.0403. The molecule has 0 bridgehead atoms. The van der Waals surface area contributed by atoms with Gasteiger partial charge in [-0.25, -0.2) is 4.79 Å². The number of nitrogens with one attached hydrogen (secondary N) is 3. The minimum Gasteiger partial charge on any atom is -0.481 e. The predicted octanol–water partition coefficient (Wildman–Crippen LogP) is 3.45. The van der Waals surface area contributed by atoms with E-state index in [-0.39, 0.29) is 31.9 Å². The van der Waals surface area contributed by atoms with Gasteiger partial charge in [-0.05, 0) is 40.8 Å². The number of alkyl carbamates (subject to hydrolysis) is 1. The topological polar surface area (TPSA) is 121 Å². The third kappa shape index (κ3) is 5.46. The number of carbonyl (C=O) groups excluding carboxylic acids is 2. The first-order chi connectivity index (χ1) is 16.5. The van der Waals surface area contributed by atoms with Crippen molar-refractivity contribution in [3.05, 3.63) is 83.7 Å². The maximum Gasteiger partial charge on any atom is 0.407 e. The van der Waals surface area contributed by atoms with Gasteiger partial charge in [-0.2, -0.15) is 0 Å². The zero-order valence-electron chi connectivity index (χ0n) is 18.6. The molecule has 1 unspecified atom stereocenters. The van der Waals surface area contributed by atoms with Crippen molar-refractivity contribution in [3.8, 4) is 11.1 Å². The molecule has 4 rings (SSSR count). The van der Waals surface area contributed by atoms with Crippen LogP contribution in [0, 0.1) is 0 Å². The highest BCUT2D eigenvalue weighted by atomic mass is 16.5. The van der Waals surface area contributed by atoms with Crippen LogP contribution in [-0.4, -0.2) is 47.3 Å². The largest absolute Gasteiger partial charge is 0.481 e. The molecular weight excluding hydrogens is 434 g/mol. The Morgan fingerprint density at radius 1 is 0.971 bits per heavy atom. The van der Waals surface area contributed by atoms with E-state index in [2.05, 4.69) is 27.8 Å². The summed E-state index contributed by atoms with van der Waals surface area (Å²) in [6.07, 6.45) is 1.58. The molecule has 0 saturated carbocycles. The Hall–Kier alpha value is -4.07. The Balaban J connectivity index is 1.39. The number of fused-ring (bicyclic) bond motifs is 3. The molecule has 1 aliphatic carbocycles. The van der Waals surface area contributed by atoms with E-state index in [1.54, 1.807) is 6.20 Å². The predicted molar refractivity (Wildman–Crippen MR) is 126 cm³/mol. The van der Waals surface area contributed by atoms with Gasteiger partial charge in [0.25, 0.3) is 0 Å². The van der Waals surface area contributed by atoms with Crippen LogP contribution >= 0.6 is 0 Å². The van der Waals surface area contributed by atoms with Crippen LogP contribution in [0.1, 0.15) is 35.6 Å². The number of carboxylic acid groups (broad SMARTS) is 1. The molecule has 8 nitrogen and oxygen atoms in total. The molecule has 8 heteroatoms. The SMILES string of the molecule is O=C(O)CCCNC(=O)C(Cc1ccc[nH]1)NC(=O)OCC1c2ccccc2-c2ccccc21. The van der Waals surface area contributed by atoms with Crippen molar-refractivity contribution in [3.63, 3.8) is 0 Å². The second-order valence-electron chi connectivity index (χ2n) is 8.21. The molecule has 1 aliphatic rings. The van der Waals surface area contributed by atoms with Crippen LogP contribution in [0.15, 0.2) is 66.9 Å². The Labute approximate surface area is 197 Å². The Morgan fingerprint density at radius 2 is 1.65 bits per heavy atom.